The Balaban J connectivity index is 0.000000461. The van der Waals surface area contributed by atoms with Gasteiger partial charge in [0.15, 0.2) is 11.6 Å². The summed E-state index contributed by atoms with van der Waals surface area (Å²) in [7, 11) is 0. The van der Waals surface area contributed by atoms with Crippen LogP contribution >= 0.6 is 0 Å². The molecule has 0 amide bonds. The number of ether oxygens (including phenoxy) is 5. The fourth-order valence-electron chi connectivity index (χ4n) is 7.63. The molecule has 0 bridgehead atoms. The highest BCUT2D eigenvalue weighted by atomic mass is 16.5. The van der Waals surface area contributed by atoms with Crippen molar-refractivity contribution < 1.29 is 62.7 Å². The van der Waals surface area contributed by atoms with E-state index in [1.807, 2.05) is 32.0 Å². The summed E-state index contributed by atoms with van der Waals surface area (Å²) >= 11 is 0. The maximum absolute atomic E-state index is 12.6. The number of phenols is 1. The Morgan fingerprint density at radius 2 is 0.877 bits per heavy atom. The largest absolute Gasteiger partial charge is 0.508 e. The molecular formula is C68H90O13. The lowest BCUT2D eigenvalue weighted by atomic mass is 10.1. The number of carboxylic acids is 1. The van der Waals surface area contributed by atoms with E-state index in [4.69, 9.17) is 28.8 Å². The molecule has 0 fully saturated rings. The van der Waals surface area contributed by atoms with Gasteiger partial charge in [0.1, 0.15) is 23.0 Å². The molecule has 0 atom stereocenters. The molecule has 4 rings (SSSR count). The highest BCUT2D eigenvalue weighted by Gasteiger charge is 2.12. The highest BCUT2D eigenvalue weighted by Crippen LogP contribution is 2.23. The van der Waals surface area contributed by atoms with Crippen LogP contribution < -0.4 is 14.2 Å². The zero-order valence-corrected chi connectivity index (χ0v) is 49.2. The number of rotatable bonds is 37. The molecule has 0 radical (unpaired) electrons. The second-order valence-electron chi connectivity index (χ2n) is 20.1. The average molecular weight is 1120 g/mol. The second-order valence-corrected chi connectivity index (χ2v) is 20.1. The van der Waals surface area contributed by atoms with Crippen LogP contribution in [-0.2, 0) is 28.7 Å². The number of hydrogen-bond donors (Lipinski definition) is 2. The van der Waals surface area contributed by atoms with Gasteiger partial charge in [0.25, 0.3) is 0 Å². The highest BCUT2D eigenvalue weighted by molar-refractivity contribution is 5.94. The molecule has 4 aromatic rings. The number of esters is 3. The van der Waals surface area contributed by atoms with Crippen LogP contribution in [0.15, 0.2) is 121 Å². The lowest BCUT2D eigenvalue weighted by Crippen LogP contribution is -2.09. The van der Waals surface area contributed by atoms with E-state index in [1.165, 1.54) is 0 Å². The number of carbonyl (C=O) groups is 6. The van der Waals surface area contributed by atoms with Crippen LogP contribution in [0, 0.1) is 13.8 Å². The molecule has 0 saturated heterocycles. The van der Waals surface area contributed by atoms with Gasteiger partial charge in [0.2, 0.25) is 0 Å². The average Bonchev–Trinajstić information content (AvgIpc) is 3.45. The van der Waals surface area contributed by atoms with Crippen molar-refractivity contribution in [1.29, 1.82) is 0 Å². The number of unbranched alkanes of at least 4 members (excludes halogenated alkanes) is 14. The van der Waals surface area contributed by atoms with Crippen LogP contribution in [0.25, 0.3) is 12.2 Å². The van der Waals surface area contributed by atoms with Crippen molar-refractivity contribution in [3.8, 4) is 23.0 Å². The van der Waals surface area contributed by atoms with Gasteiger partial charge in [-0.15, -0.1) is 0 Å². The Morgan fingerprint density at radius 3 is 1.27 bits per heavy atom. The number of aromatic carboxylic acids is 1. The van der Waals surface area contributed by atoms with E-state index >= 15 is 0 Å². The first-order chi connectivity index (χ1) is 38.9. The van der Waals surface area contributed by atoms with E-state index in [2.05, 4.69) is 27.0 Å². The second kappa shape index (κ2) is 42.4. The lowest BCUT2D eigenvalue weighted by Gasteiger charge is -2.10. The Bertz CT molecular complexity index is 2610. The fourth-order valence-corrected chi connectivity index (χ4v) is 7.63. The van der Waals surface area contributed by atoms with Crippen LogP contribution in [0.1, 0.15) is 199 Å². The van der Waals surface area contributed by atoms with E-state index < -0.39 is 11.9 Å². The van der Waals surface area contributed by atoms with Gasteiger partial charge in [-0.1, -0.05) is 128 Å². The molecule has 81 heavy (non-hydrogen) atoms. The van der Waals surface area contributed by atoms with Crippen LogP contribution in [-0.4, -0.2) is 72.1 Å². The standard InChI is InChI=1S/C34H44O6.C19H26O5.C15H20O2/c1-5-6-11-14-30(35)19-15-28-16-22-32(27(4)25-28)40-34(37)29-17-20-31(21-18-29)38-23-12-9-7-8-10-13-24-39-33(36)26(2)3;1-15(2)19(22)24-14-8-6-4-3-5-7-13-23-17-11-9-16(10-12-17)18(20)21;1-3-4-5-6-14(16)9-7-13-8-10-15(17)12(2)11-13/h15-22,25H,2,5-14,23-24H2,1,3-4H3;9-12H,1,3-8,13-14H2,2H3,(H,20,21);7-11,17H,3-6H2,1-2H3/b19-15+;;9-7+. The monoisotopic (exact) mass is 1110 g/mol. The number of benzene rings is 4. The molecule has 0 heterocycles. The van der Waals surface area contributed by atoms with Crippen LogP contribution in [0.4, 0.5) is 0 Å². The predicted octanol–water partition coefficient (Wildman–Crippen LogP) is 16.3. The number of aromatic hydroxyl groups is 1. The molecule has 0 aliphatic rings. The zero-order valence-electron chi connectivity index (χ0n) is 49.2. The van der Waals surface area contributed by atoms with Gasteiger partial charge in [0, 0.05) is 24.0 Å². The molecular weight excluding hydrogens is 1020 g/mol. The molecule has 13 nitrogen and oxygen atoms in total. The quantitative estimate of drug-likeness (QED) is 0.0188. The molecule has 4 aromatic carbocycles. The Kier molecular flexibility index (Phi) is 36.4. The number of phenolic OH excluding ortho intramolecular Hbond substituents is 1. The molecule has 13 heteroatoms. The zero-order chi connectivity index (χ0) is 59.6. The first-order valence-corrected chi connectivity index (χ1v) is 28.8. The Hall–Kier alpha value is -7.54. The van der Waals surface area contributed by atoms with E-state index in [9.17, 15) is 33.9 Å². The molecule has 0 aliphatic carbocycles. The number of carboxylic acid groups (broad SMARTS) is 1. The lowest BCUT2D eigenvalue weighted by molar-refractivity contribution is -0.139. The van der Waals surface area contributed by atoms with Crippen molar-refractivity contribution in [1.82, 2.24) is 0 Å². The first kappa shape index (κ1) is 69.6. The van der Waals surface area contributed by atoms with Crippen molar-refractivity contribution >= 4 is 47.6 Å². The Labute approximate surface area is 482 Å². The van der Waals surface area contributed by atoms with Gasteiger partial charge in [0.05, 0.1) is 37.6 Å². The number of hydrogen-bond acceptors (Lipinski definition) is 12. The smallest absolute Gasteiger partial charge is 0.343 e. The van der Waals surface area contributed by atoms with Gasteiger partial charge in [-0.25, -0.2) is 19.2 Å². The minimum Gasteiger partial charge on any atom is -0.508 e. The number of ketones is 2. The fraction of sp³-hybridized carbons (Fsp3) is 0.441. The topological polar surface area (TPSA) is 189 Å². The van der Waals surface area contributed by atoms with Gasteiger partial charge in [-0.05, 0) is 173 Å². The molecule has 0 unspecified atom stereocenters. The van der Waals surface area contributed by atoms with E-state index in [0.717, 1.165) is 138 Å². The summed E-state index contributed by atoms with van der Waals surface area (Å²) in [5.74, 6) is 0.482. The summed E-state index contributed by atoms with van der Waals surface area (Å²) in [6.07, 6.45) is 26.7. The molecule has 0 spiro atoms. The molecule has 440 valence electrons. The molecule has 0 aromatic heterocycles. The maximum Gasteiger partial charge on any atom is 0.343 e. The summed E-state index contributed by atoms with van der Waals surface area (Å²) in [5, 5.41) is 18.2. The van der Waals surface area contributed by atoms with Gasteiger partial charge < -0.3 is 33.9 Å². The number of carbonyl (C=O) groups excluding carboxylic acids is 5. The van der Waals surface area contributed by atoms with Crippen molar-refractivity contribution in [2.75, 3.05) is 26.4 Å². The molecule has 0 aliphatic heterocycles. The van der Waals surface area contributed by atoms with Crippen LogP contribution in [0.5, 0.6) is 23.0 Å². The predicted molar refractivity (Wildman–Crippen MR) is 323 cm³/mol. The number of aryl methyl sites for hydroxylation is 2. The minimum atomic E-state index is -0.934. The van der Waals surface area contributed by atoms with Crippen LogP contribution in [0.3, 0.4) is 0 Å². The van der Waals surface area contributed by atoms with Gasteiger partial charge >= 0.3 is 23.9 Å². The van der Waals surface area contributed by atoms with Crippen molar-refractivity contribution in [2.45, 2.75) is 170 Å². The summed E-state index contributed by atoms with van der Waals surface area (Å²) < 4.78 is 27.1. The first-order valence-electron chi connectivity index (χ1n) is 28.8. The SMILES string of the molecule is C=C(C)C(=O)OCCCCCCCCOc1ccc(C(=O)O)cc1.C=C(C)C(=O)OCCCCCCCCOc1ccc(C(=O)Oc2ccc(/C=C/C(=O)CCCCC)cc2C)cc1.CCCCCC(=O)/C=C/c1ccc(O)c(C)c1. The summed E-state index contributed by atoms with van der Waals surface area (Å²) in [6, 6.07) is 24.2. The normalized spacial score (nSPS) is 10.7. The van der Waals surface area contributed by atoms with Crippen molar-refractivity contribution in [3.63, 3.8) is 0 Å². The maximum atomic E-state index is 12.6. The molecule has 2 N–H and O–H groups in total. The number of allylic oxidation sites excluding steroid dienone is 2. The van der Waals surface area contributed by atoms with Crippen LogP contribution in [0.2, 0.25) is 0 Å². The van der Waals surface area contributed by atoms with Crippen molar-refractivity contribution in [3.05, 3.63) is 155 Å². The van der Waals surface area contributed by atoms with E-state index in [0.29, 0.717) is 73.2 Å². The molecule has 0 saturated carbocycles. The third kappa shape index (κ3) is 33.0. The Morgan fingerprint density at radius 1 is 0.481 bits per heavy atom. The van der Waals surface area contributed by atoms with Crippen molar-refractivity contribution in [2.24, 2.45) is 0 Å². The third-order valence-electron chi connectivity index (χ3n) is 12.6. The van der Waals surface area contributed by atoms with E-state index in [-0.39, 0.29) is 34.8 Å². The van der Waals surface area contributed by atoms with E-state index in [1.54, 1.807) is 105 Å². The summed E-state index contributed by atoms with van der Waals surface area (Å²) in [6.45, 7) is 20.5. The summed E-state index contributed by atoms with van der Waals surface area (Å²) in [4.78, 5) is 69.3. The van der Waals surface area contributed by atoms with Gasteiger partial charge in [-0.2, -0.15) is 0 Å². The van der Waals surface area contributed by atoms with Gasteiger partial charge in [-0.3, -0.25) is 9.59 Å². The minimum absolute atomic E-state index is 0.126. The third-order valence-corrected chi connectivity index (χ3v) is 12.6. The summed E-state index contributed by atoms with van der Waals surface area (Å²) in [5.41, 5.74) is 5.06.